The van der Waals surface area contributed by atoms with Crippen molar-refractivity contribution in [1.82, 2.24) is 0 Å². The van der Waals surface area contributed by atoms with Crippen molar-refractivity contribution in [2.45, 2.75) is 38.8 Å². The van der Waals surface area contributed by atoms with Crippen molar-refractivity contribution in [3.63, 3.8) is 0 Å². The smallest absolute Gasteiger partial charge is 0.311 e. The number of esters is 1. The lowest BCUT2D eigenvalue weighted by Gasteiger charge is -2.30. The molecule has 1 aromatic rings. The van der Waals surface area contributed by atoms with Crippen LogP contribution in [0.2, 0.25) is 0 Å². The molecule has 1 aliphatic carbocycles. The van der Waals surface area contributed by atoms with Gasteiger partial charge in [0.1, 0.15) is 5.60 Å². The molecule has 2 unspecified atom stereocenters. The lowest BCUT2D eigenvalue weighted by molar-refractivity contribution is -0.376. The van der Waals surface area contributed by atoms with Crippen LogP contribution in [0.15, 0.2) is 30.3 Å². The van der Waals surface area contributed by atoms with Crippen LogP contribution in [0.25, 0.3) is 0 Å². The van der Waals surface area contributed by atoms with Gasteiger partial charge in [-0.3, -0.25) is 4.79 Å². The van der Waals surface area contributed by atoms with Crippen molar-refractivity contribution in [2.75, 3.05) is 20.8 Å². The van der Waals surface area contributed by atoms with Crippen molar-refractivity contribution in [2.24, 2.45) is 11.8 Å². The minimum Gasteiger partial charge on any atom is -0.460 e. The average molecular weight is 322 g/mol. The summed E-state index contributed by atoms with van der Waals surface area (Å²) in [6, 6.07) is 9.47. The van der Waals surface area contributed by atoms with E-state index in [-0.39, 0.29) is 17.8 Å². The van der Waals surface area contributed by atoms with Crippen molar-refractivity contribution in [3.05, 3.63) is 35.9 Å². The fraction of sp³-hybridized carbons (Fsp3) is 0.611. The molecule has 0 N–H and O–H groups in total. The highest BCUT2D eigenvalue weighted by molar-refractivity contribution is 5.76. The van der Waals surface area contributed by atoms with E-state index >= 15 is 0 Å². The molecule has 0 amide bonds. The monoisotopic (exact) mass is 322 g/mol. The van der Waals surface area contributed by atoms with Crippen LogP contribution in [0.1, 0.15) is 32.8 Å². The highest BCUT2D eigenvalue weighted by atomic mass is 16.9. The lowest BCUT2D eigenvalue weighted by atomic mass is 10.2. The molecule has 23 heavy (non-hydrogen) atoms. The minimum atomic E-state index is -1.25. The van der Waals surface area contributed by atoms with Gasteiger partial charge in [-0.2, -0.15) is 0 Å². The van der Waals surface area contributed by atoms with Crippen LogP contribution < -0.4 is 0 Å². The summed E-state index contributed by atoms with van der Waals surface area (Å²) < 4.78 is 22.2. The molecule has 1 fully saturated rings. The molecule has 0 heterocycles. The van der Waals surface area contributed by atoms with Gasteiger partial charge < -0.3 is 18.9 Å². The molecule has 0 aliphatic heterocycles. The van der Waals surface area contributed by atoms with E-state index in [1.165, 1.54) is 14.2 Å². The van der Waals surface area contributed by atoms with Crippen LogP contribution in [0.4, 0.5) is 0 Å². The van der Waals surface area contributed by atoms with E-state index in [0.717, 1.165) is 12.0 Å². The normalized spacial score (nSPS) is 21.1. The first kappa shape index (κ1) is 17.9. The molecule has 5 heteroatoms. The Morgan fingerprint density at radius 3 is 2.26 bits per heavy atom. The Balaban J connectivity index is 1.93. The van der Waals surface area contributed by atoms with Crippen LogP contribution >= 0.6 is 0 Å². The molecular weight excluding hydrogens is 296 g/mol. The Labute approximate surface area is 137 Å². The summed E-state index contributed by atoms with van der Waals surface area (Å²) in [6.07, 6.45) is 0.771. The zero-order valence-corrected chi connectivity index (χ0v) is 14.5. The first-order chi connectivity index (χ1) is 10.8. The average Bonchev–Trinajstić information content (AvgIpc) is 3.28. The fourth-order valence-electron chi connectivity index (χ4n) is 2.48. The van der Waals surface area contributed by atoms with E-state index in [1.807, 2.05) is 51.1 Å². The number of ether oxygens (including phenoxy) is 4. The SMILES string of the molecule is COC(OC)(OCC1CC1C(=O)OC(C)(C)C)c1ccccc1. The van der Waals surface area contributed by atoms with E-state index < -0.39 is 11.6 Å². The second-order valence-corrected chi connectivity index (χ2v) is 6.78. The summed E-state index contributed by atoms with van der Waals surface area (Å²) in [5.41, 5.74) is 0.317. The molecule has 2 rings (SSSR count). The summed E-state index contributed by atoms with van der Waals surface area (Å²) in [6.45, 7) is 5.99. The van der Waals surface area contributed by atoms with E-state index in [1.54, 1.807) is 0 Å². The maximum Gasteiger partial charge on any atom is 0.311 e. The standard InChI is InChI=1S/C18H26O5/c1-17(2,3)23-16(19)15-11-13(15)12-22-18(20-4,21-5)14-9-7-6-8-10-14/h6-10,13,15H,11-12H2,1-5H3. The molecule has 0 radical (unpaired) electrons. The van der Waals surface area contributed by atoms with Crippen LogP contribution in [-0.4, -0.2) is 32.4 Å². The molecule has 1 aromatic carbocycles. The largest absolute Gasteiger partial charge is 0.460 e. The Hall–Kier alpha value is -1.43. The zero-order chi connectivity index (χ0) is 17.1. The third-order valence-electron chi connectivity index (χ3n) is 3.78. The van der Waals surface area contributed by atoms with Gasteiger partial charge >= 0.3 is 11.9 Å². The highest BCUT2D eigenvalue weighted by Crippen LogP contribution is 2.42. The molecule has 1 saturated carbocycles. The maximum absolute atomic E-state index is 12.0. The number of methoxy groups -OCH3 is 2. The third kappa shape index (κ3) is 4.53. The second-order valence-electron chi connectivity index (χ2n) is 6.78. The van der Waals surface area contributed by atoms with Gasteiger partial charge in [-0.1, -0.05) is 30.3 Å². The quantitative estimate of drug-likeness (QED) is 0.570. The summed E-state index contributed by atoms with van der Waals surface area (Å²) >= 11 is 0. The van der Waals surface area contributed by atoms with E-state index in [2.05, 4.69) is 0 Å². The van der Waals surface area contributed by atoms with E-state index in [4.69, 9.17) is 18.9 Å². The maximum atomic E-state index is 12.0. The van der Waals surface area contributed by atoms with Gasteiger partial charge in [0.25, 0.3) is 0 Å². The lowest BCUT2D eigenvalue weighted by Crippen LogP contribution is -2.35. The summed E-state index contributed by atoms with van der Waals surface area (Å²) in [7, 11) is 3.07. The Bertz CT molecular complexity index is 516. The number of rotatable bonds is 7. The number of carbonyl (C=O) groups excluding carboxylic acids is 1. The predicted octanol–water partition coefficient (Wildman–Crippen LogP) is 3.08. The minimum absolute atomic E-state index is 0.101. The van der Waals surface area contributed by atoms with Gasteiger partial charge in [0.15, 0.2) is 0 Å². The Morgan fingerprint density at radius 1 is 1.13 bits per heavy atom. The summed E-state index contributed by atoms with van der Waals surface area (Å²) in [5.74, 6) is -1.37. The molecule has 5 nitrogen and oxygen atoms in total. The first-order valence-electron chi connectivity index (χ1n) is 7.84. The molecule has 0 spiro atoms. The van der Waals surface area contributed by atoms with Gasteiger partial charge in [-0.15, -0.1) is 0 Å². The number of carbonyl (C=O) groups is 1. The number of hydrogen-bond donors (Lipinski definition) is 0. The topological polar surface area (TPSA) is 54.0 Å². The fourth-order valence-corrected chi connectivity index (χ4v) is 2.48. The van der Waals surface area contributed by atoms with Gasteiger partial charge in [-0.05, 0) is 33.1 Å². The first-order valence-corrected chi connectivity index (χ1v) is 7.84. The molecule has 0 aromatic heterocycles. The third-order valence-corrected chi connectivity index (χ3v) is 3.78. The molecule has 0 saturated heterocycles. The van der Waals surface area contributed by atoms with Gasteiger partial charge in [-0.25, -0.2) is 0 Å². The van der Waals surface area contributed by atoms with Crippen molar-refractivity contribution < 1.29 is 23.7 Å². The zero-order valence-electron chi connectivity index (χ0n) is 14.5. The van der Waals surface area contributed by atoms with Crippen LogP contribution in [0.3, 0.4) is 0 Å². The molecule has 128 valence electrons. The van der Waals surface area contributed by atoms with Gasteiger partial charge in [0.2, 0.25) is 0 Å². The second kappa shape index (κ2) is 6.99. The number of benzene rings is 1. The van der Waals surface area contributed by atoms with Crippen molar-refractivity contribution in [3.8, 4) is 0 Å². The van der Waals surface area contributed by atoms with Gasteiger partial charge in [0, 0.05) is 19.8 Å². The van der Waals surface area contributed by atoms with E-state index in [0.29, 0.717) is 6.61 Å². The van der Waals surface area contributed by atoms with Crippen LogP contribution in [-0.2, 0) is 29.7 Å². The molecule has 2 atom stereocenters. The predicted molar refractivity (Wildman–Crippen MR) is 85.5 cm³/mol. The van der Waals surface area contributed by atoms with Crippen LogP contribution in [0, 0.1) is 11.8 Å². The summed E-state index contributed by atoms with van der Waals surface area (Å²) in [4.78, 5) is 12.0. The molecule has 1 aliphatic rings. The van der Waals surface area contributed by atoms with E-state index in [9.17, 15) is 4.79 Å². The van der Waals surface area contributed by atoms with Crippen LogP contribution in [0.5, 0.6) is 0 Å². The summed E-state index contributed by atoms with van der Waals surface area (Å²) in [5, 5.41) is 0. The Morgan fingerprint density at radius 2 is 1.74 bits per heavy atom. The molecule has 0 bridgehead atoms. The van der Waals surface area contributed by atoms with Crippen molar-refractivity contribution >= 4 is 5.97 Å². The molecular formula is C18H26O5. The van der Waals surface area contributed by atoms with Gasteiger partial charge in [0.05, 0.1) is 12.5 Å². The van der Waals surface area contributed by atoms with Crippen molar-refractivity contribution in [1.29, 1.82) is 0 Å². The highest BCUT2D eigenvalue weighted by Gasteiger charge is 2.47. The Kier molecular flexibility index (Phi) is 5.45. The number of hydrogen-bond acceptors (Lipinski definition) is 5.